The first-order valence-electron chi connectivity index (χ1n) is 7.87. The molecule has 0 spiro atoms. The number of fused-ring (bicyclic) bond motifs is 1. The van der Waals surface area contributed by atoms with Crippen molar-refractivity contribution >= 4 is 0 Å². The van der Waals surface area contributed by atoms with Gasteiger partial charge in [-0.05, 0) is 58.3 Å². The predicted octanol–water partition coefficient (Wildman–Crippen LogP) is 5.72. The molecule has 0 saturated heterocycles. The van der Waals surface area contributed by atoms with Gasteiger partial charge in [-0.2, -0.15) is 0 Å². The van der Waals surface area contributed by atoms with Crippen molar-refractivity contribution in [1.29, 1.82) is 0 Å². The SMILES string of the molecule is CCc1cc2c(cc1C(C)C)C(C)(C)CCC2(C)C. The standard InChI is InChI=1S/C19H30/c1-8-14-11-16-17(12-15(14)13(2)3)19(6,7)10-9-18(16,4)5/h11-13H,8-10H2,1-7H3. The summed E-state index contributed by atoms with van der Waals surface area (Å²) in [6, 6.07) is 5.05. The van der Waals surface area contributed by atoms with Crippen molar-refractivity contribution in [3.8, 4) is 0 Å². The Kier molecular flexibility index (Phi) is 3.58. The number of hydrogen-bond donors (Lipinski definition) is 0. The van der Waals surface area contributed by atoms with Crippen LogP contribution in [-0.2, 0) is 17.3 Å². The summed E-state index contributed by atoms with van der Waals surface area (Å²) in [4.78, 5) is 0. The summed E-state index contributed by atoms with van der Waals surface area (Å²) in [7, 11) is 0. The lowest BCUT2D eigenvalue weighted by Crippen LogP contribution is -2.34. The monoisotopic (exact) mass is 258 g/mol. The van der Waals surface area contributed by atoms with Gasteiger partial charge in [0.25, 0.3) is 0 Å². The van der Waals surface area contributed by atoms with E-state index in [-0.39, 0.29) is 0 Å². The Labute approximate surface area is 119 Å². The van der Waals surface area contributed by atoms with Crippen molar-refractivity contribution in [1.82, 2.24) is 0 Å². The molecule has 0 fully saturated rings. The number of rotatable bonds is 2. The summed E-state index contributed by atoms with van der Waals surface area (Å²) in [6.45, 7) is 16.6. The van der Waals surface area contributed by atoms with Crippen LogP contribution in [0.4, 0.5) is 0 Å². The van der Waals surface area contributed by atoms with Gasteiger partial charge in [0.2, 0.25) is 0 Å². The van der Waals surface area contributed by atoms with Gasteiger partial charge in [0.05, 0.1) is 0 Å². The third-order valence-electron chi connectivity index (χ3n) is 5.12. The zero-order valence-electron chi connectivity index (χ0n) is 13.9. The molecule has 0 bridgehead atoms. The molecule has 1 aromatic rings. The van der Waals surface area contributed by atoms with Crippen LogP contribution >= 0.6 is 0 Å². The molecule has 0 N–H and O–H groups in total. The summed E-state index contributed by atoms with van der Waals surface area (Å²) >= 11 is 0. The van der Waals surface area contributed by atoms with E-state index in [0.717, 1.165) is 6.42 Å². The highest BCUT2D eigenvalue weighted by molar-refractivity contribution is 5.48. The molecule has 0 aromatic heterocycles. The largest absolute Gasteiger partial charge is 0.0613 e. The molecule has 2 rings (SSSR count). The number of aryl methyl sites for hydroxylation is 1. The zero-order chi connectivity index (χ0) is 14.4. The summed E-state index contributed by atoms with van der Waals surface area (Å²) < 4.78 is 0. The Hall–Kier alpha value is -0.780. The lowest BCUT2D eigenvalue weighted by Gasteiger charge is -2.42. The normalized spacial score (nSPS) is 20.4. The van der Waals surface area contributed by atoms with Crippen LogP contribution in [0.25, 0.3) is 0 Å². The summed E-state index contributed by atoms with van der Waals surface area (Å²) in [5.41, 5.74) is 6.99. The minimum Gasteiger partial charge on any atom is -0.0613 e. The topological polar surface area (TPSA) is 0 Å². The second-order valence-electron chi connectivity index (χ2n) is 7.87. The fraction of sp³-hybridized carbons (Fsp3) is 0.684. The van der Waals surface area contributed by atoms with Crippen LogP contribution in [0.1, 0.15) is 89.5 Å². The molecule has 0 unspecified atom stereocenters. The fourth-order valence-corrected chi connectivity index (χ4v) is 3.52. The van der Waals surface area contributed by atoms with E-state index in [1.807, 2.05) is 0 Å². The highest BCUT2D eigenvalue weighted by Crippen LogP contribution is 2.47. The maximum Gasteiger partial charge on any atom is -0.0100 e. The average molecular weight is 258 g/mol. The molecule has 1 aliphatic carbocycles. The van der Waals surface area contributed by atoms with Crippen molar-refractivity contribution in [2.45, 2.75) is 84.5 Å². The second kappa shape index (κ2) is 4.65. The highest BCUT2D eigenvalue weighted by atomic mass is 14.4. The van der Waals surface area contributed by atoms with E-state index in [9.17, 15) is 0 Å². The van der Waals surface area contributed by atoms with Gasteiger partial charge < -0.3 is 0 Å². The Balaban J connectivity index is 2.70. The molecule has 0 aliphatic heterocycles. The first kappa shape index (κ1) is 14.6. The molecule has 0 atom stereocenters. The summed E-state index contributed by atoms with van der Waals surface area (Å²) in [5, 5.41) is 0. The van der Waals surface area contributed by atoms with Crippen LogP contribution in [0.15, 0.2) is 12.1 Å². The van der Waals surface area contributed by atoms with Gasteiger partial charge in [0, 0.05) is 0 Å². The minimum absolute atomic E-state index is 0.334. The second-order valence-corrected chi connectivity index (χ2v) is 7.87. The Morgan fingerprint density at radius 1 is 0.947 bits per heavy atom. The molecule has 0 radical (unpaired) electrons. The van der Waals surface area contributed by atoms with Crippen molar-refractivity contribution < 1.29 is 0 Å². The van der Waals surface area contributed by atoms with Crippen LogP contribution in [-0.4, -0.2) is 0 Å². The van der Waals surface area contributed by atoms with Gasteiger partial charge in [-0.15, -0.1) is 0 Å². The summed E-state index contributed by atoms with van der Waals surface area (Å²) in [5.74, 6) is 0.626. The third kappa shape index (κ3) is 2.47. The van der Waals surface area contributed by atoms with Crippen LogP contribution in [0.5, 0.6) is 0 Å². The van der Waals surface area contributed by atoms with Crippen molar-refractivity contribution in [3.05, 3.63) is 34.4 Å². The van der Waals surface area contributed by atoms with Gasteiger partial charge in [0.15, 0.2) is 0 Å². The first-order valence-corrected chi connectivity index (χ1v) is 7.87. The Morgan fingerprint density at radius 2 is 1.42 bits per heavy atom. The molecule has 19 heavy (non-hydrogen) atoms. The van der Waals surface area contributed by atoms with Crippen molar-refractivity contribution in [2.24, 2.45) is 0 Å². The van der Waals surface area contributed by atoms with E-state index >= 15 is 0 Å². The van der Waals surface area contributed by atoms with E-state index in [4.69, 9.17) is 0 Å². The molecule has 0 amide bonds. The van der Waals surface area contributed by atoms with Crippen LogP contribution in [0.2, 0.25) is 0 Å². The molecule has 0 nitrogen and oxygen atoms in total. The lowest BCUT2D eigenvalue weighted by molar-refractivity contribution is 0.331. The molecular formula is C19H30. The van der Waals surface area contributed by atoms with Crippen molar-refractivity contribution in [2.75, 3.05) is 0 Å². The van der Waals surface area contributed by atoms with Gasteiger partial charge in [-0.3, -0.25) is 0 Å². The number of benzene rings is 1. The maximum absolute atomic E-state index is 2.53. The minimum atomic E-state index is 0.334. The van der Waals surface area contributed by atoms with E-state index in [1.54, 1.807) is 22.3 Å². The zero-order valence-corrected chi connectivity index (χ0v) is 13.9. The molecular weight excluding hydrogens is 228 g/mol. The molecule has 106 valence electrons. The van der Waals surface area contributed by atoms with E-state index in [0.29, 0.717) is 16.7 Å². The van der Waals surface area contributed by atoms with Crippen LogP contribution in [0.3, 0.4) is 0 Å². The maximum atomic E-state index is 2.53. The average Bonchev–Trinajstić information content (AvgIpc) is 2.33. The Bertz CT molecular complexity index is 475. The molecule has 0 saturated carbocycles. The fourth-order valence-electron chi connectivity index (χ4n) is 3.52. The van der Waals surface area contributed by atoms with Gasteiger partial charge in [-0.25, -0.2) is 0 Å². The third-order valence-corrected chi connectivity index (χ3v) is 5.12. The van der Waals surface area contributed by atoms with Gasteiger partial charge >= 0.3 is 0 Å². The lowest BCUT2D eigenvalue weighted by atomic mass is 9.62. The quantitative estimate of drug-likeness (QED) is 0.636. The highest BCUT2D eigenvalue weighted by Gasteiger charge is 2.37. The molecule has 0 heteroatoms. The van der Waals surface area contributed by atoms with E-state index < -0.39 is 0 Å². The summed E-state index contributed by atoms with van der Waals surface area (Å²) in [6.07, 6.45) is 3.75. The van der Waals surface area contributed by atoms with Crippen LogP contribution in [0, 0.1) is 0 Å². The van der Waals surface area contributed by atoms with E-state index in [1.165, 1.54) is 12.8 Å². The smallest absolute Gasteiger partial charge is 0.0100 e. The molecule has 1 aromatic carbocycles. The number of hydrogen-bond acceptors (Lipinski definition) is 0. The van der Waals surface area contributed by atoms with Crippen molar-refractivity contribution in [3.63, 3.8) is 0 Å². The first-order chi connectivity index (χ1) is 8.69. The predicted molar refractivity (Wildman–Crippen MR) is 85.2 cm³/mol. The van der Waals surface area contributed by atoms with Crippen LogP contribution < -0.4 is 0 Å². The molecule has 1 aliphatic rings. The van der Waals surface area contributed by atoms with Gasteiger partial charge in [-0.1, -0.05) is 60.6 Å². The van der Waals surface area contributed by atoms with E-state index in [2.05, 4.69) is 60.6 Å². The molecule has 0 heterocycles. The Morgan fingerprint density at radius 3 is 1.84 bits per heavy atom. The van der Waals surface area contributed by atoms with Gasteiger partial charge in [0.1, 0.15) is 0 Å².